The van der Waals surface area contributed by atoms with Crippen LogP contribution >= 0.6 is 0 Å². The zero-order valence-corrected chi connectivity index (χ0v) is 12.2. The number of benzene rings is 1. The molecule has 1 aliphatic heterocycles. The van der Waals surface area contributed by atoms with Crippen molar-refractivity contribution < 1.29 is 0 Å². The average Bonchev–Trinajstić information content (AvgIpc) is 3.22. The second-order valence-corrected chi connectivity index (χ2v) is 6.49. The van der Waals surface area contributed by atoms with E-state index in [1.165, 1.54) is 49.9 Å². The standard InChI is InChI=1S/C17H26N2/c1-13-5-7-14(8-6-13)17(15-9-10-15)18-16-4-3-11-19(2)12-16/h5-8,15-18H,3-4,9-12H2,1-2H3. The Balaban J connectivity index is 1.69. The third-order valence-corrected chi connectivity index (χ3v) is 4.57. The largest absolute Gasteiger partial charge is 0.306 e. The smallest absolute Gasteiger partial charge is 0.0351 e. The van der Waals surface area contributed by atoms with E-state index in [9.17, 15) is 0 Å². The summed E-state index contributed by atoms with van der Waals surface area (Å²) in [5, 5.41) is 3.94. The van der Waals surface area contributed by atoms with Crippen LogP contribution in [0.5, 0.6) is 0 Å². The molecule has 0 bridgehead atoms. The molecule has 2 heteroatoms. The van der Waals surface area contributed by atoms with Gasteiger partial charge in [-0.15, -0.1) is 0 Å². The minimum atomic E-state index is 0.581. The van der Waals surface area contributed by atoms with Crippen LogP contribution in [0.1, 0.15) is 42.9 Å². The molecule has 1 aliphatic carbocycles. The Kier molecular flexibility index (Phi) is 3.90. The molecule has 2 fully saturated rings. The van der Waals surface area contributed by atoms with Gasteiger partial charge in [0.25, 0.3) is 0 Å². The van der Waals surface area contributed by atoms with Crippen molar-refractivity contribution in [2.24, 2.45) is 5.92 Å². The predicted octanol–water partition coefficient (Wildman–Crippen LogP) is 3.13. The molecule has 0 radical (unpaired) electrons. The summed E-state index contributed by atoms with van der Waals surface area (Å²) in [6.45, 7) is 4.63. The van der Waals surface area contributed by atoms with Gasteiger partial charge in [-0.05, 0) is 57.7 Å². The van der Waals surface area contributed by atoms with E-state index >= 15 is 0 Å². The topological polar surface area (TPSA) is 15.3 Å². The van der Waals surface area contributed by atoms with E-state index in [0.717, 1.165) is 5.92 Å². The van der Waals surface area contributed by atoms with Crippen LogP contribution in [0.2, 0.25) is 0 Å². The molecule has 1 saturated carbocycles. The molecule has 19 heavy (non-hydrogen) atoms. The predicted molar refractivity (Wildman–Crippen MR) is 80.3 cm³/mol. The number of piperidine rings is 1. The fourth-order valence-corrected chi connectivity index (χ4v) is 3.26. The molecule has 0 aromatic heterocycles. The molecule has 1 saturated heterocycles. The lowest BCUT2D eigenvalue weighted by molar-refractivity contribution is 0.212. The first-order valence-corrected chi connectivity index (χ1v) is 7.73. The SMILES string of the molecule is Cc1ccc(C(NC2CCCN(C)C2)C2CC2)cc1. The first-order chi connectivity index (χ1) is 9.22. The quantitative estimate of drug-likeness (QED) is 0.892. The Hall–Kier alpha value is -0.860. The number of rotatable bonds is 4. The fraction of sp³-hybridized carbons (Fsp3) is 0.647. The Morgan fingerprint density at radius 1 is 1.16 bits per heavy atom. The molecule has 2 aliphatic rings. The summed E-state index contributed by atoms with van der Waals surface area (Å²) in [6, 6.07) is 10.4. The van der Waals surface area contributed by atoms with Gasteiger partial charge in [0.05, 0.1) is 0 Å². The third-order valence-electron chi connectivity index (χ3n) is 4.57. The second-order valence-electron chi connectivity index (χ2n) is 6.49. The number of likely N-dealkylation sites (tertiary alicyclic amines) is 1. The average molecular weight is 258 g/mol. The molecule has 1 heterocycles. The lowest BCUT2D eigenvalue weighted by atomic mass is 9.98. The molecular weight excluding hydrogens is 232 g/mol. The number of nitrogens with zero attached hydrogens (tertiary/aromatic N) is 1. The highest BCUT2D eigenvalue weighted by atomic mass is 15.1. The molecule has 2 unspecified atom stereocenters. The van der Waals surface area contributed by atoms with E-state index in [0.29, 0.717) is 12.1 Å². The van der Waals surface area contributed by atoms with E-state index in [2.05, 4.69) is 48.5 Å². The monoisotopic (exact) mass is 258 g/mol. The van der Waals surface area contributed by atoms with Crippen LogP contribution in [0.25, 0.3) is 0 Å². The Morgan fingerprint density at radius 3 is 2.53 bits per heavy atom. The number of likely N-dealkylation sites (N-methyl/N-ethyl adjacent to an activating group) is 1. The minimum absolute atomic E-state index is 0.581. The van der Waals surface area contributed by atoms with Crippen LogP contribution in [0, 0.1) is 12.8 Å². The molecule has 3 rings (SSSR count). The first-order valence-electron chi connectivity index (χ1n) is 7.73. The van der Waals surface area contributed by atoms with Crippen LogP contribution in [0.3, 0.4) is 0 Å². The molecule has 0 spiro atoms. The normalized spacial score (nSPS) is 26.3. The molecule has 1 aromatic rings. The van der Waals surface area contributed by atoms with Gasteiger partial charge in [0.1, 0.15) is 0 Å². The number of hydrogen-bond acceptors (Lipinski definition) is 2. The van der Waals surface area contributed by atoms with Gasteiger partial charge in [-0.25, -0.2) is 0 Å². The Bertz CT molecular complexity index is 408. The van der Waals surface area contributed by atoms with Crippen molar-refractivity contribution in [1.82, 2.24) is 10.2 Å². The highest BCUT2D eigenvalue weighted by Crippen LogP contribution is 2.41. The summed E-state index contributed by atoms with van der Waals surface area (Å²) in [6.07, 6.45) is 5.46. The molecule has 104 valence electrons. The van der Waals surface area contributed by atoms with Gasteiger partial charge < -0.3 is 10.2 Å². The van der Waals surface area contributed by atoms with E-state index in [1.54, 1.807) is 0 Å². The molecule has 1 N–H and O–H groups in total. The highest BCUT2D eigenvalue weighted by Gasteiger charge is 2.34. The molecular formula is C17H26N2. The van der Waals surface area contributed by atoms with Crippen LogP contribution in [0.4, 0.5) is 0 Å². The molecule has 1 aromatic carbocycles. The van der Waals surface area contributed by atoms with Crippen LogP contribution in [-0.2, 0) is 0 Å². The summed E-state index contributed by atoms with van der Waals surface area (Å²) in [4.78, 5) is 2.46. The Labute approximate surface area is 117 Å². The first kappa shape index (κ1) is 13.1. The second kappa shape index (κ2) is 5.64. The number of hydrogen-bond donors (Lipinski definition) is 1. The highest BCUT2D eigenvalue weighted by molar-refractivity contribution is 5.25. The summed E-state index contributed by atoms with van der Waals surface area (Å²) in [5.41, 5.74) is 2.84. The van der Waals surface area contributed by atoms with E-state index in [-0.39, 0.29) is 0 Å². The molecule has 2 nitrogen and oxygen atoms in total. The maximum atomic E-state index is 3.94. The van der Waals surface area contributed by atoms with Gasteiger partial charge in [0.15, 0.2) is 0 Å². The molecule has 2 atom stereocenters. The number of aryl methyl sites for hydroxylation is 1. The third kappa shape index (κ3) is 3.37. The summed E-state index contributed by atoms with van der Waals surface area (Å²) >= 11 is 0. The minimum Gasteiger partial charge on any atom is -0.306 e. The van der Waals surface area contributed by atoms with Gasteiger partial charge in [0.2, 0.25) is 0 Å². The number of nitrogens with one attached hydrogen (secondary N) is 1. The van der Waals surface area contributed by atoms with Gasteiger partial charge >= 0.3 is 0 Å². The van der Waals surface area contributed by atoms with Gasteiger partial charge in [0, 0.05) is 18.6 Å². The van der Waals surface area contributed by atoms with Crippen molar-refractivity contribution in [1.29, 1.82) is 0 Å². The maximum Gasteiger partial charge on any atom is 0.0351 e. The fourth-order valence-electron chi connectivity index (χ4n) is 3.26. The van der Waals surface area contributed by atoms with Gasteiger partial charge in [-0.2, -0.15) is 0 Å². The van der Waals surface area contributed by atoms with E-state index in [4.69, 9.17) is 0 Å². The lowest BCUT2D eigenvalue weighted by Crippen LogP contribution is -2.45. The zero-order chi connectivity index (χ0) is 13.2. The van der Waals surface area contributed by atoms with Gasteiger partial charge in [-0.1, -0.05) is 29.8 Å². The Morgan fingerprint density at radius 2 is 1.89 bits per heavy atom. The molecule has 0 amide bonds. The van der Waals surface area contributed by atoms with Crippen molar-refractivity contribution in [2.45, 2.75) is 44.7 Å². The zero-order valence-electron chi connectivity index (χ0n) is 12.2. The lowest BCUT2D eigenvalue weighted by Gasteiger charge is -2.33. The summed E-state index contributed by atoms with van der Waals surface area (Å²) in [5.74, 6) is 0.870. The van der Waals surface area contributed by atoms with Crippen LogP contribution in [0.15, 0.2) is 24.3 Å². The maximum absolute atomic E-state index is 3.94. The van der Waals surface area contributed by atoms with Crippen molar-refractivity contribution >= 4 is 0 Å². The van der Waals surface area contributed by atoms with Crippen molar-refractivity contribution in [3.8, 4) is 0 Å². The van der Waals surface area contributed by atoms with Crippen molar-refractivity contribution in [2.75, 3.05) is 20.1 Å². The summed E-state index contributed by atoms with van der Waals surface area (Å²) < 4.78 is 0. The van der Waals surface area contributed by atoms with Crippen molar-refractivity contribution in [3.63, 3.8) is 0 Å². The van der Waals surface area contributed by atoms with Gasteiger partial charge in [-0.3, -0.25) is 0 Å². The van der Waals surface area contributed by atoms with Crippen molar-refractivity contribution in [3.05, 3.63) is 35.4 Å². The van der Waals surface area contributed by atoms with Crippen LogP contribution in [-0.4, -0.2) is 31.1 Å². The summed E-state index contributed by atoms with van der Waals surface area (Å²) in [7, 11) is 2.24. The van der Waals surface area contributed by atoms with E-state index in [1.807, 2.05) is 0 Å². The van der Waals surface area contributed by atoms with E-state index < -0.39 is 0 Å². The van der Waals surface area contributed by atoms with Crippen LogP contribution < -0.4 is 5.32 Å².